The van der Waals surface area contributed by atoms with Crippen molar-refractivity contribution >= 4 is 39.6 Å². The highest BCUT2D eigenvalue weighted by molar-refractivity contribution is 7.99. The van der Waals surface area contributed by atoms with Crippen LogP contribution in [0.1, 0.15) is 22.3 Å². The fourth-order valence-corrected chi connectivity index (χ4v) is 9.59. The number of hydrogen-bond donors (Lipinski definition) is 0. The lowest BCUT2D eigenvalue weighted by atomic mass is 9.64. The molecule has 1 nitrogen and oxygen atoms in total. The second kappa shape index (κ2) is 11.1. The van der Waals surface area contributed by atoms with Gasteiger partial charge in [-0.1, -0.05) is 151 Å². The first-order valence-electron chi connectivity index (χ1n) is 16.9. The lowest BCUT2D eigenvalue weighted by Gasteiger charge is -2.41. The zero-order valence-corrected chi connectivity index (χ0v) is 27.6. The van der Waals surface area contributed by atoms with Crippen molar-refractivity contribution < 1.29 is 0 Å². The summed E-state index contributed by atoms with van der Waals surface area (Å²) >= 11 is 1.90. The van der Waals surface area contributed by atoms with E-state index in [1.165, 1.54) is 65.1 Å². The molecular weight excluding hydrogens is 611 g/mol. The van der Waals surface area contributed by atoms with Gasteiger partial charge in [-0.05, 0) is 104 Å². The van der Waals surface area contributed by atoms with E-state index in [2.05, 4.69) is 193 Å². The summed E-state index contributed by atoms with van der Waals surface area (Å²) in [6, 6.07) is 69.1. The standard InChI is InChI=1S/C47H31NS/c1-3-15-34(16-4-1)48(35-17-5-2-6-18-35)36-29-26-33(27-30-36)37-21-13-22-40-39-20-9-10-23-41(39)47(45(37)40)42-24-11-12-25-43(42)49-44-31-28-32-14-7-8-19-38(32)46(44)47/h1-31H. The quantitative estimate of drug-likeness (QED) is 0.188. The molecule has 0 N–H and O–H groups in total. The van der Waals surface area contributed by atoms with Crippen molar-refractivity contribution in [1.82, 2.24) is 0 Å². The van der Waals surface area contributed by atoms with Crippen LogP contribution in [0, 0.1) is 0 Å². The molecule has 0 aromatic heterocycles. The first-order chi connectivity index (χ1) is 24.3. The predicted octanol–water partition coefficient (Wildman–Crippen LogP) is 12.8. The topological polar surface area (TPSA) is 3.24 Å². The molecule has 0 fully saturated rings. The van der Waals surface area contributed by atoms with Gasteiger partial charge in [-0.15, -0.1) is 0 Å². The molecule has 1 spiro atoms. The van der Waals surface area contributed by atoms with Crippen molar-refractivity contribution in [3.8, 4) is 22.3 Å². The van der Waals surface area contributed by atoms with Crippen LogP contribution in [-0.2, 0) is 5.41 Å². The number of anilines is 3. The van der Waals surface area contributed by atoms with Crippen LogP contribution in [0.3, 0.4) is 0 Å². The molecule has 0 saturated carbocycles. The van der Waals surface area contributed by atoms with Gasteiger partial charge in [0, 0.05) is 26.9 Å². The van der Waals surface area contributed by atoms with E-state index >= 15 is 0 Å². The highest BCUT2D eigenvalue weighted by Crippen LogP contribution is 2.65. The second-order valence-electron chi connectivity index (χ2n) is 12.8. The first kappa shape index (κ1) is 28.2. The molecule has 1 heterocycles. The third-order valence-electron chi connectivity index (χ3n) is 10.3. The van der Waals surface area contributed by atoms with Crippen LogP contribution < -0.4 is 4.90 Å². The number of hydrogen-bond acceptors (Lipinski definition) is 2. The fourth-order valence-electron chi connectivity index (χ4n) is 8.37. The molecule has 2 aliphatic rings. The largest absolute Gasteiger partial charge is 0.311 e. The summed E-state index contributed by atoms with van der Waals surface area (Å²) in [6.07, 6.45) is 0. The Kier molecular flexibility index (Phi) is 6.40. The maximum atomic E-state index is 2.37. The molecule has 0 amide bonds. The van der Waals surface area contributed by atoms with Gasteiger partial charge in [0.15, 0.2) is 0 Å². The van der Waals surface area contributed by atoms with Crippen LogP contribution >= 0.6 is 11.8 Å². The van der Waals surface area contributed by atoms with E-state index < -0.39 is 5.41 Å². The van der Waals surface area contributed by atoms with Crippen LogP contribution in [0.25, 0.3) is 33.0 Å². The minimum Gasteiger partial charge on any atom is -0.311 e. The van der Waals surface area contributed by atoms with Crippen LogP contribution in [0.15, 0.2) is 198 Å². The highest BCUT2D eigenvalue weighted by Gasteiger charge is 2.52. The second-order valence-corrected chi connectivity index (χ2v) is 13.9. The Morgan fingerprint density at radius 2 is 0.959 bits per heavy atom. The lowest BCUT2D eigenvalue weighted by molar-refractivity contribution is 0.732. The fraction of sp³-hybridized carbons (Fsp3) is 0.0213. The summed E-state index contributed by atoms with van der Waals surface area (Å²) in [5, 5.41) is 2.59. The smallest absolute Gasteiger partial charge is 0.0747 e. The molecule has 2 heteroatoms. The predicted molar refractivity (Wildman–Crippen MR) is 205 cm³/mol. The number of para-hydroxylation sites is 2. The number of fused-ring (bicyclic) bond motifs is 11. The van der Waals surface area contributed by atoms with Gasteiger partial charge in [-0.25, -0.2) is 0 Å². The summed E-state index contributed by atoms with van der Waals surface area (Å²) in [5.74, 6) is 0. The van der Waals surface area contributed by atoms with Crippen molar-refractivity contribution in [2.24, 2.45) is 0 Å². The van der Waals surface area contributed by atoms with Crippen LogP contribution in [-0.4, -0.2) is 0 Å². The molecule has 8 aromatic rings. The van der Waals surface area contributed by atoms with Gasteiger partial charge in [0.05, 0.1) is 5.41 Å². The summed E-state index contributed by atoms with van der Waals surface area (Å²) in [4.78, 5) is 4.97. The Morgan fingerprint density at radius 1 is 0.367 bits per heavy atom. The first-order valence-corrected chi connectivity index (χ1v) is 17.7. The van der Waals surface area contributed by atoms with E-state index in [0.29, 0.717) is 0 Å². The van der Waals surface area contributed by atoms with E-state index in [1.54, 1.807) is 0 Å². The van der Waals surface area contributed by atoms with Gasteiger partial charge in [0.1, 0.15) is 0 Å². The van der Waals surface area contributed by atoms with Crippen LogP contribution in [0.4, 0.5) is 17.1 Å². The SMILES string of the molecule is c1ccc(N(c2ccccc2)c2ccc(-c3cccc4c3C3(c5ccccc5Sc5ccc6ccccc6c53)c3ccccc3-4)cc2)cc1. The molecule has 0 saturated heterocycles. The Hall–Kier alpha value is -5.83. The molecule has 0 radical (unpaired) electrons. The molecule has 8 aromatic carbocycles. The minimum atomic E-state index is -0.473. The minimum absolute atomic E-state index is 0.473. The van der Waals surface area contributed by atoms with Crippen molar-refractivity contribution in [2.75, 3.05) is 4.90 Å². The number of benzene rings is 8. The van der Waals surface area contributed by atoms with Crippen molar-refractivity contribution in [3.63, 3.8) is 0 Å². The zero-order chi connectivity index (χ0) is 32.4. The Morgan fingerprint density at radius 3 is 1.73 bits per heavy atom. The van der Waals surface area contributed by atoms with E-state index in [1.807, 2.05) is 11.8 Å². The maximum Gasteiger partial charge on any atom is 0.0747 e. The van der Waals surface area contributed by atoms with Gasteiger partial charge in [-0.2, -0.15) is 0 Å². The van der Waals surface area contributed by atoms with Gasteiger partial charge >= 0.3 is 0 Å². The summed E-state index contributed by atoms with van der Waals surface area (Å²) < 4.78 is 0. The molecule has 1 atom stereocenters. The molecule has 49 heavy (non-hydrogen) atoms. The molecule has 0 bridgehead atoms. The molecule has 1 aliphatic carbocycles. The summed E-state index contributed by atoms with van der Waals surface area (Å²) in [6.45, 7) is 0. The molecule has 1 unspecified atom stereocenters. The van der Waals surface area contributed by atoms with E-state index in [4.69, 9.17) is 0 Å². The van der Waals surface area contributed by atoms with Crippen molar-refractivity contribution in [2.45, 2.75) is 15.2 Å². The average Bonchev–Trinajstić information content (AvgIpc) is 3.47. The monoisotopic (exact) mass is 641 g/mol. The summed E-state index contributed by atoms with van der Waals surface area (Å²) in [5.41, 5.74) is 13.5. The van der Waals surface area contributed by atoms with E-state index in [0.717, 1.165) is 17.1 Å². The van der Waals surface area contributed by atoms with Gasteiger partial charge in [-0.3, -0.25) is 0 Å². The summed E-state index contributed by atoms with van der Waals surface area (Å²) in [7, 11) is 0. The van der Waals surface area contributed by atoms with Crippen LogP contribution in [0.2, 0.25) is 0 Å². The molecular formula is C47H31NS. The lowest BCUT2D eigenvalue weighted by Crippen LogP contribution is -2.32. The van der Waals surface area contributed by atoms with Crippen molar-refractivity contribution in [1.29, 1.82) is 0 Å². The Balaban J connectivity index is 1.24. The van der Waals surface area contributed by atoms with Gasteiger partial charge in [0.2, 0.25) is 0 Å². The number of nitrogens with zero attached hydrogens (tertiary/aromatic N) is 1. The maximum absolute atomic E-state index is 2.37. The average molecular weight is 642 g/mol. The molecule has 10 rings (SSSR count). The molecule has 1 aliphatic heterocycles. The third-order valence-corrected chi connectivity index (χ3v) is 11.4. The van der Waals surface area contributed by atoms with E-state index in [-0.39, 0.29) is 0 Å². The Labute approximate surface area is 291 Å². The number of rotatable bonds is 4. The van der Waals surface area contributed by atoms with Gasteiger partial charge in [0.25, 0.3) is 0 Å². The van der Waals surface area contributed by atoms with Crippen LogP contribution in [0.5, 0.6) is 0 Å². The normalized spacial score (nSPS) is 15.3. The van der Waals surface area contributed by atoms with Gasteiger partial charge < -0.3 is 4.90 Å². The van der Waals surface area contributed by atoms with E-state index in [9.17, 15) is 0 Å². The third kappa shape index (κ3) is 4.14. The zero-order valence-electron chi connectivity index (χ0n) is 26.8. The Bertz CT molecular complexity index is 2480. The van der Waals surface area contributed by atoms with Crippen molar-refractivity contribution in [3.05, 3.63) is 210 Å². The molecule has 230 valence electrons. The highest BCUT2D eigenvalue weighted by atomic mass is 32.2.